The molecule has 6 nitrogen and oxygen atoms in total. The predicted octanol–water partition coefficient (Wildman–Crippen LogP) is 8.63. The minimum absolute atomic E-state index is 0.0681. The molecule has 2 saturated carbocycles. The Morgan fingerprint density at radius 3 is 1.48 bits per heavy atom. The van der Waals surface area contributed by atoms with Gasteiger partial charge in [0.05, 0.1) is 46.4 Å². The summed E-state index contributed by atoms with van der Waals surface area (Å²) in [5.74, 6) is 0. The number of aromatic nitrogens is 2. The molecular formula is C32H24N6S2. The summed E-state index contributed by atoms with van der Waals surface area (Å²) in [7, 11) is 0. The highest BCUT2D eigenvalue weighted by atomic mass is 32.1. The Hall–Kier alpha value is -4.08. The molecule has 0 N–H and O–H groups in total. The maximum atomic E-state index is 9.35. The van der Waals surface area contributed by atoms with E-state index in [-0.39, 0.29) is 22.2 Å². The van der Waals surface area contributed by atoms with Gasteiger partial charge in [0.1, 0.15) is 10.0 Å². The van der Waals surface area contributed by atoms with Crippen LogP contribution in [0, 0.1) is 35.8 Å². The lowest BCUT2D eigenvalue weighted by Gasteiger charge is -2.36. The van der Waals surface area contributed by atoms with Crippen molar-refractivity contribution in [2.24, 2.45) is 0 Å². The molecule has 0 atom stereocenters. The number of allylic oxidation sites excluding steroid dienone is 2. The van der Waals surface area contributed by atoms with E-state index in [0.717, 1.165) is 72.8 Å². The maximum Gasteiger partial charge on any atom is 0.264 e. The number of nitriles is 2. The van der Waals surface area contributed by atoms with Crippen LogP contribution in [0.25, 0.3) is 42.7 Å². The summed E-state index contributed by atoms with van der Waals surface area (Å²) in [5.41, 5.74) is 7.39. The fourth-order valence-corrected chi connectivity index (χ4v) is 9.84. The fraction of sp³-hybridized carbons (Fsp3) is 0.375. The quantitative estimate of drug-likeness (QED) is 0.234. The van der Waals surface area contributed by atoms with Crippen LogP contribution in [0.5, 0.6) is 0 Å². The van der Waals surface area contributed by atoms with Crippen molar-refractivity contribution in [3.05, 3.63) is 78.9 Å². The molecule has 2 fully saturated rings. The average molecular weight is 557 g/mol. The van der Waals surface area contributed by atoms with Crippen molar-refractivity contribution in [3.8, 4) is 33.0 Å². The van der Waals surface area contributed by atoms with E-state index in [1.54, 1.807) is 34.8 Å². The van der Waals surface area contributed by atoms with E-state index in [9.17, 15) is 10.5 Å². The molecule has 0 saturated heterocycles. The highest BCUT2D eigenvalue weighted by Gasteiger charge is 2.51. The van der Waals surface area contributed by atoms with Crippen molar-refractivity contribution in [1.82, 2.24) is 9.97 Å². The van der Waals surface area contributed by atoms with E-state index >= 15 is 0 Å². The van der Waals surface area contributed by atoms with Crippen LogP contribution in [0.3, 0.4) is 0 Å². The van der Waals surface area contributed by atoms with Crippen LogP contribution in [0.4, 0.5) is 0 Å². The van der Waals surface area contributed by atoms with Crippen molar-refractivity contribution < 1.29 is 0 Å². The number of fused-ring (bicyclic) bond motifs is 10. The minimum atomic E-state index is -0.139. The van der Waals surface area contributed by atoms with E-state index in [4.69, 9.17) is 23.1 Å². The van der Waals surface area contributed by atoms with Crippen LogP contribution >= 0.6 is 22.7 Å². The zero-order valence-electron chi connectivity index (χ0n) is 21.9. The van der Waals surface area contributed by atoms with Gasteiger partial charge in [0, 0.05) is 10.8 Å². The van der Waals surface area contributed by atoms with E-state index in [2.05, 4.69) is 21.8 Å². The standard InChI is InChI=1S/C32H24N6S2/c1-35-19(17-33)13-25-37-29-27(39-25)21-15-24-22(16-23(21)31(29)9-5-3-6-10-31)28-30(32(24)11-7-4-8-12-32)38-26(40-28)14-20(18-34)36-2/h13-16H,3-12H2/b19-13-,20-14+. The topological polar surface area (TPSA) is 82.1 Å². The second kappa shape index (κ2) is 9.25. The molecule has 2 heterocycles. The Labute approximate surface area is 241 Å². The highest BCUT2D eigenvalue weighted by Crippen LogP contribution is 2.63. The fourth-order valence-electron chi connectivity index (χ4n) is 7.57. The molecule has 0 unspecified atom stereocenters. The molecule has 2 spiro atoms. The predicted molar refractivity (Wildman–Crippen MR) is 157 cm³/mol. The molecule has 1 aromatic carbocycles. The Morgan fingerprint density at radius 2 is 1.12 bits per heavy atom. The molecule has 0 radical (unpaired) electrons. The summed E-state index contributed by atoms with van der Waals surface area (Å²) in [6.07, 6.45) is 14.6. The molecule has 2 aromatic heterocycles. The van der Waals surface area contributed by atoms with E-state index in [1.807, 2.05) is 12.1 Å². The Morgan fingerprint density at radius 1 is 0.725 bits per heavy atom. The number of hydrogen-bond donors (Lipinski definition) is 0. The molecule has 4 aliphatic carbocycles. The van der Waals surface area contributed by atoms with Gasteiger partial charge in [0.15, 0.2) is 0 Å². The van der Waals surface area contributed by atoms with Crippen LogP contribution in [-0.4, -0.2) is 9.97 Å². The summed E-state index contributed by atoms with van der Waals surface area (Å²) >= 11 is 3.22. The summed E-state index contributed by atoms with van der Waals surface area (Å²) in [6, 6.07) is 8.85. The number of thiazole rings is 2. The first-order chi connectivity index (χ1) is 19.6. The van der Waals surface area contributed by atoms with Crippen molar-refractivity contribution in [2.75, 3.05) is 0 Å². The number of nitrogens with zero attached hydrogens (tertiary/aromatic N) is 6. The van der Waals surface area contributed by atoms with Crippen LogP contribution in [0.1, 0.15) is 96.7 Å². The van der Waals surface area contributed by atoms with Crippen LogP contribution in [-0.2, 0) is 10.8 Å². The minimum Gasteiger partial charge on any atom is -0.241 e. The third-order valence-corrected chi connectivity index (χ3v) is 11.3. The van der Waals surface area contributed by atoms with Gasteiger partial charge in [-0.25, -0.2) is 30.2 Å². The van der Waals surface area contributed by atoms with Gasteiger partial charge in [-0.1, -0.05) is 38.5 Å². The molecule has 3 aromatic rings. The normalized spacial score (nSPS) is 19.6. The van der Waals surface area contributed by atoms with Gasteiger partial charge in [-0.2, -0.15) is 0 Å². The molecule has 7 rings (SSSR count). The maximum absolute atomic E-state index is 9.35. The van der Waals surface area contributed by atoms with Crippen molar-refractivity contribution in [1.29, 1.82) is 10.5 Å². The molecule has 4 aliphatic rings. The van der Waals surface area contributed by atoms with Crippen LogP contribution in [0.15, 0.2) is 23.5 Å². The molecular weight excluding hydrogens is 533 g/mol. The molecule has 0 aliphatic heterocycles. The van der Waals surface area contributed by atoms with Gasteiger partial charge < -0.3 is 0 Å². The first-order valence-corrected chi connectivity index (χ1v) is 15.4. The highest BCUT2D eigenvalue weighted by molar-refractivity contribution is 7.16. The zero-order valence-corrected chi connectivity index (χ0v) is 23.5. The monoisotopic (exact) mass is 556 g/mol. The summed E-state index contributed by atoms with van der Waals surface area (Å²) in [4.78, 5) is 19.3. The molecule has 8 heteroatoms. The zero-order chi connectivity index (χ0) is 27.5. The molecule has 40 heavy (non-hydrogen) atoms. The third-order valence-electron chi connectivity index (χ3n) is 9.28. The van der Waals surface area contributed by atoms with E-state index < -0.39 is 0 Å². The molecule has 0 amide bonds. The van der Waals surface area contributed by atoms with Gasteiger partial charge in [-0.05, 0) is 72.2 Å². The lowest BCUT2D eigenvalue weighted by Crippen LogP contribution is -2.30. The smallest absolute Gasteiger partial charge is 0.241 e. The lowest BCUT2D eigenvalue weighted by molar-refractivity contribution is 0.343. The summed E-state index contributed by atoms with van der Waals surface area (Å²) in [5, 5.41) is 20.2. The number of benzene rings is 1. The molecule has 0 bridgehead atoms. The second-order valence-electron chi connectivity index (χ2n) is 11.2. The third kappa shape index (κ3) is 3.40. The summed E-state index contributed by atoms with van der Waals surface area (Å²) < 4.78 is 0. The Kier molecular flexibility index (Phi) is 5.76. The second-order valence-corrected chi connectivity index (χ2v) is 13.3. The van der Waals surface area contributed by atoms with Gasteiger partial charge in [0.2, 0.25) is 0 Å². The van der Waals surface area contributed by atoms with Crippen molar-refractivity contribution in [2.45, 2.75) is 75.0 Å². The molecule has 194 valence electrons. The van der Waals surface area contributed by atoms with E-state index in [0.29, 0.717) is 0 Å². The SMILES string of the molecule is [C-]#[N+]/C(C#N)=C\c1nc2c(s1)-c1cc3c(cc1C21CCCCC1)-c1sc(/C=C(\C#N)[N+]#[C-])nc1C31CCCCC1. The lowest BCUT2D eigenvalue weighted by atomic mass is 9.67. The van der Waals surface area contributed by atoms with Gasteiger partial charge in [-0.3, -0.25) is 0 Å². The largest absolute Gasteiger partial charge is 0.264 e. The first-order valence-electron chi connectivity index (χ1n) is 13.8. The van der Waals surface area contributed by atoms with Crippen molar-refractivity contribution in [3.63, 3.8) is 0 Å². The van der Waals surface area contributed by atoms with Gasteiger partial charge in [-0.15, -0.1) is 22.7 Å². The van der Waals surface area contributed by atoms with Crippen LogP contribution < -0.4 is 0 Å². The van der Waals surface area contributed by atoms with Crippen molar-refractivity contribution >= 4 is 34.8 Å². The Bertz CT molecular complexity index is 1650. The Balaban J connectivity index is 1.46. The van der Waals surface area contributed by atoms with E-state index in [1.165, 1.54) is 44.8 Å². The van der Waals surface area contributed by atoms with Crippen LogP contribution in [0.2, 0.25) is 0 Å². The average Bonchev–Trinajstić information content (AvgIpc) is 3.72. The number of hydrogen-bond acceptors (Lipinski definition) is 6. The van der Waals surface area contributed by atoms with Gasteiger partial charge in [0.25, 0.3) is 11.4 Å². The number of rotatable bonds is 2. The summed E-state index contributed by atoms with van der Waals surface area (Å²) in [6.45, 7) is 14.6. The van der Waals surface area contributed by atoms with Gasteiger partial charge >= 0.3 is 0 Å². The first kappa shape index (κ1) is 24.9.